The summed E-state index contributed by atoms with van der Waals surface area (Å²) in [4.78, 5) is 19.2. The van der Waals surface area contributed by atoms with E-state index in [4.69, 9.17) is 4.74 Å². The summed E-state index contributed by atoms with van der Waals surface area (Å²) in [5, 5.41) is 0. The van der Waals surface area contributed by atoms with Crippen LogP contribution in [0.15, 0.2) is 4.79 Å². The molecule has 1 saturated carbocycles. The van der Waals surface area contributed by atoms with Gasteiger partial charge in [0.25, 0.3) is 5.56 Å². The van der Waals surface area contributed by atoms with E-state index in [2.05, 4.69) is 32.6 Å². The molecule has 0 unspecified atom stereocenters. The van der Waals surface area contributed by atoms with Gasteiger partial charge < -0.3 is 9.72 Å². The van der Waals surface area contributed by atoms with Crippen molar-refractivity contribution in [1.82, 2.24) is 9.97 Å². The maximum atomic E-state index is 11.8. The van der Waals surface area contributed by atoms with E-state index < -0.39 is 0 Å². The second kappa shape index (κ2) is 5.95. The first kappa shape index (κ1) is 13.0. The largest absolute Gasteiger partial charge is 0.374 e. The van der Waals surface area contributed by atoms with Crippen LogP contribution in [0.3, 0.4) is 0 Å². The van der Waals surface area contributed by atoms with E-state index in [9.17, 15) is 4.79 Å². The third-order valence-electron chi connectivity index (χ3n) is 3.12. The average molecular weight is 348 g/mol. The van der Waals surface area contributed by atoms with Crippen LogP contribution in [0, 0.1) is 3.57 Å². The summed E-state index contributed by atoms with van der Waals surface area (Å²) in [5.74, 6) is 1.11. The van der Waals surface area contributed by atoms with E-state index in [-0.39, 0.29) is 5.56 Å². The monoisotopic (exact) mass is 348 g/mol. The van der Waals surface area contributed by atoms with Gasteiger partial charge in [0.2, 0.25) is 0 Å². The molecule has 17 heavy (non-hydrogen) atoms. The van der Waals surface area contributed by atoms with Gasteiger partial charge in [0.1, 0.15) is 12.4 Å². The van der Waals surface area contributed by atoms with E-state index in [1.54, 1.807) is 0 Å². The zero-order valence-electron chi connectivity index (χ0n) is 9.96. The molecule has 0 aromatic carbocycles. The first-order valence-corrected chi connectivity index (χ1v) is 7.16. The molecule has 1 heterocycles. The Kier molecular flexibility index (Phi) is 4.55. The van der Waals surface area contributed by atoms with Gasteiger partial charge in [0.05, 0.1) is 9.26 Å². The molecule has 0 aliphatic heterocycles. The Hall–Kier alpha value is -0.430. The molecule has 0 saturated heterocycles. The number of rotatable bonds is 4. The van der Waals surface area contributed by atoms with Crippen molar-refractivity contribution in [2.45, 2.75) is 45.1 Å². The summed E-state index contributed by atoms with van der Waals surface area (Å²) in [5.41, 5.74) is 0.943. The van der Waals surface area contributed by atoms with Gasteiger partial charge in [-0.05, 0) is 42.4 Å². The Labute approximate surface area is 114 Å². The van der Waals surface area contributed by atoms with Gasteiger partial charge >= 0.3 is 0 Å². The van der Waals surface area contributed by atoms with Crippen LogP contribution in [0.4, 0.5) is 0 Å². The van der Waals surface area contributed by atoms with Crippen molar-refractivity contribution in [3.63, 3.8) is 0 Å². The van der Waals surface area contributed by atoms with Gasteiger partial charge in [-0.3, -0.25) is 4.79 Å². The van der Waals surface area contributed by atoms with Crippen LogP contribution in [-0.4, -0.2) is 16.6 Å². The highest BCUT2D eigenvalue weighted by Gasteiger charge is 2.22. The average Bonchev–Trinajstić information content (AvgIpc) is 2.84. The molecule has 94 valence electrons. The molecule has 1 aromatic rings. The SMILES string of the molecule is CCOCc1nc(C2CCCC2)c(I)c(=O)[nH]1. The van der Waals surface area contributed by atoms with Crippen LogP contribution < -0.4 is 5.56 Å². The van der Waals surface area contributed by atoms with Gasteiger partial charge in [-0.2, -0.15) is 0 Å². The van der Waals surface area contributed by atoms with Crippen LogP contribution in [0.5, 0.6) is 0 Å². The van der Waals surface area contributed by atoms with Crippen molar-refractivity contribution >= 4 is 22.6 Å². The Morgan fingerprint density at radius 3 is 2.82 bits per heavy atom. The lowest BCUT2D eigenvalue weighted by Gasteiger charge is -2.12. The van der Waals surface area contributed by atoms with Crippen molar-refractivity contribution in [3.05, 3.63) is 25.4 Å². The molecule has 1 aliphatic carbocycles. The Bertz CT molecular complexity index is 439. The fourth-order valence-electron chi connectivity index (χ4n) is 2.26. The van der Waals surface area contributed by atoms with Crippen molar-refractivity contribution in [3.8, 4) is 0 Å². The van der Waals surface area contributed by atoms with E-state index in [0.717, 1.165) is 22.1 Å². The van der Waals surface area contributed by atoms with Gasteiger partial charge in [0.15, 0.2) is 0 Å². The van der Waals surface area contributed by atoms with E-state index in [1.807, 2.05) is 6.92 Å². The third kappa shape index (κ3) is 3.07. The minimum atomic E-state index is -0.0304. The molecule has 0 radical (unpaired) electrons. The minimum Gasteiger partial charge on any atom is -0.374 e. The topological polar surface area (TPSA) is 55.0 Å². The normalized spacial score (nSPS) is 16.6. The number of aromatic amines is 1. The molecule has 0 atom stereocenters. The molecule has 0 bridgehead atoms. The Balaban J connectivity index is 2.29. The van der Waals surface area contributed by atoms with E-state index >= 15 is 0 Å². The van der Waals surface area contributed by atoms with Gasteiger partial charge in [-0.1, -0.05) is 12.8 Å². The standard InChI is InChI=1S/C12H17IN2O2/c1-2-17-7-9-14-11(8-5-3-4-6-8)10(13)12(16)15-9/h8H,2-7H2,1H3,(H,14,15,16). The van der Waals surface area contributed by atoms with Crippen molar-refractivity contribution in [2.24, 2.45) is 0 Å². The van der Waals surface area contributed by atoms with Crippen LogP contribution in [-0.2, 0) is 11.3 Å². The summed E-state index contributed by atoms with van der Waals surface area (Å²) >= 11 is 2.10. The van der Waals surface area contributed by atoms with E-state index in [1.165, 1.54) is 12.8 Å². The van der Waals surface area contributed by atoms with Crippen molar-refractivity contribution in [1.29, 1.82) is 0 Å². The number of aromatic nitrogens is 2. The highest BCUT2D eigenvalue weighted by atomic mass is 127. The molecule has 1 N–H and O–H groups in total. The zero-order valence-corrected chi connectivity index (χ0v) is 12.1. The molecular weight excluding hydrogens is 331 g/mol. The molecule has 1 aliphatic rings. The molecule has 5 heteroatoms. The number of ether oxygens (including phenoxy) is 1. The third-order valence-corrected chi connectivity index (χ3v) is 4.16. The fourth-order valence-corrected chi connectivity index (χ4v) is 2.96. The first-order valence-electron chi connectivity index (χ1n) is 6.08. The van der Waals surface area contributed by atoms with Gasteiger partial charge in [-0.15, -0.1) is 0 Å². The summed E-state index contributed by atoms with van der Waals surface area (Å²) in [6, 6.07) is 0. The second-order valence-electron chi connectivity index (χ2n) is 4.33. The lowest BCUT2D eigenvalue weighted by molar-refractivity contribution is 0.127. The van der Waals surface area contributed by atoms with Crippen molar-refractivity contribution in [2.75, 3.05) is 6.61 Å². The smallest absolute Gasteiger partial charge is 0.264 e. The quantitative estimate of drug-likeness (QED) is 0.851. The summed E-state index contributed by atoms with van der Waals surface area (Å²) in [6.07, 6.45) is 4.80. The molecular formula is C12H17IN2O2. The summed E-state index contributed by atoms with van der Waals surface area (Å²) < 4.78 is 6.04. The Morgan fingerprint density at radius 2 is 2.18 bits per heavy atom. The number of hydrogen-bond donors (Lipinski definition) is 1. The summed E-state index contributed by atoms with van der Waals surface area (Å²) in [7, 11) is 0. The van der Waals surface area contributed by atoms with Crippen LogP contribution in [0.2, 0.25) is 0 Å². The predicted molar refractivity (Wildman–Crippen MR) is 74.1 cm³/mol. The number of nitrogens with zero attached hydrogens (tertiary/aromatic N) is 1. The first-order chi connectivity index (χ1) is 8.22. The van der Waals surface area contributed by atoms with Gasteiger partial charge in [0, 0.05) is 12.5 Å². The minimum absolute atomic E-state index is 0.0304. The summed E-state index contributed by atoms with van der Waals surface area (Å²) in [6.45, 7) is 2.96. The number of halogens is 1. The molecule has 1 fully saturated rings. The maximum absolute atomic E-state index is 11.8. The highest BCUT2D eigenvalue weighted by Crippen LogP contribution is 2.34. The molecule has 1 aromatic heterocycles. The van der Waals surface area contributed by atoms with Crippen LogP contribution in [0.1, 0.15) is 50.0 Å². The maximum Gasteiger partial charge on any atom is 0.264 e. The van der Waals surface area contributed by atoms with Crippen LogP contribution >= 0.6 is 22.6 Å². The highest BCUT2D eigenvalue weighted by molar-refractivity contribution is 14.1. The van der Waals surface area contributed by atoms with Crippen LogP contribution in [0.25, 0.3) is 0 Å². The molecule has 2 rings (SSSR count). The molecule has 0 spiro atoms. The lowest BCUT2D eigenvalue weighted by atomic mass is 10.0. The number of nitrogens with one attached hydrogen (secondary N) is 1. The number of hydrogen-bond acceptors (Lipinski definition) is 3. The zero-order chi connectivity index (χ0) is 12.3. The predicted octanol–water partition coefficient (Wildman–Crippen LogP) is 2.57. The van der Waals surface area contributed by atoms with Gasteiger partial charge in [-0.25, -0.2) is 4.98 Å². The molecule has 0 amide bonds. The second-order valence-corrected chi connectivity index (χ2v) is 5.41. The molecule has 4 nitrogen and oxygen atoms in total. The van der Waals surface area contributed by atoms with Crippen molar-refractivity contribution < 1.29 is 4.74 Å². The Morgan fingerprint density at radius 1 is 1.47 bits per heavy atom. The van der Waals surface area contributed by atoms with E-state index in [0.29, 0.717) is 25.0 Å². The lowest BCUT2D eigenvalue weighted by Crippen LogP contribution is -2.20. The number of H-pyrrole nitrogens is 1. The fraction of sp³-hybridized carbons (Fsp3) is 0.667.